The number of ketones is 1. The Morgan fingerprint density at radius 1 is 0.919 bits per heavy atom. The number of nitrogens with zero attached hydrogens (tertiary/aromatic N) is 1. The summed E-state index contributed by atoms with van der Waals surface area (Å²) >= 11 is 0. The maximum Gasteiger partial charge on any atom is 0.232 e. The second-order valence-corrected chi connectivity index (χ2v) is 11.8. The molecule has 3 rings (SSSR count). The van der Waals surface area contributed by atoms with Crippen molar-refractivity contribution >= 4 is 33.1 Å². The lowest BCUT2D eigenvalue weighted by molar-refractivity contribution is -0.116. The Morgan fingerprint density at radius 2 is 1.57 bits per heavy atom. The molecule has 0 radical (unpaired) electrons. The summed E-state index contributed by atoms with van der Waals surface area (Å²) in [4.78, 5) is 25.5. The minimum Gasteiger partial charge on any atom is -0.497 e. The van der Waals surface area contributed by atoms with Crippen LogP contribution in [0.15, 0.2) is 72.8 Å². The van der Waals surface area contributed by atoms with E-state index >= 15 is 0 Å². The van der Waals surface area contributed by atoms with Crippen LogP contribution in [0.25, 0.3) is 0 Å². The molecule has 0 unspecified atom stereocenters. The lowest BCUT2D eigenvalue weighted by atomic mass is 9.86. The van der Waals surface area contributed by atoms with E-state index < -0.39 is 10.0 Å². The predicted molar refractivity (Wildman–Crippen MR) is 148 cm³/mol. The Labute approximate surface area is 219 Å². The Hall–Kier alpha value is -3.65. The third-order valence-electron chi connectivity index (χ3n) is 5.95. The topological polar surface area (TPSA) is 92.8 Å². The van der Waals surface area contributed by atoms with Crippen LogP contribution in [0.2, 0.25) is 0 Å². The fourth-order valence-electron chi connectivity index (χ4n) is 3.87. The monoisotopic (exact) mass is 522 g/mol. The molecule has 0 spiro atoms. The highest BCUT2D eigenvalue weighted by molar-refractivity contribution is 7.92. The first-order valence-corrected chi connectivity index (χ1v) is 13.9. The van der Waals surface area contributed by atoms with Crippen molar-refractivity contribution in [2.45, 2.75) is 39.0 Å². The van der Waals surface area contributed by atoms with Gasteiger partial charge in [-0.1, -0.05) is 57.2 Å². The number of nitrogens with one attached hydrogen (secondary N) is 1. The zero-order chi connectivity index (χ0) is 27.2. The van der Waals surface area contributed by atoms with Gasteiger partial charge >= 0.3 is 0 Å². The zero-order valence-corrected chi connectivity index (χ0v) is 22.8. The fourth-order valence-corrected chi connectivity index (χ4v) is 4.83. The molecule has 37 heavy (non-hydrogen) atoms. The molecule has 0 saturated heterocycles. The fraction of sp³-hybridized carbons (Fsp3) is 0.310. The van der Waals surface area contributed by atoms with Gasteiger partial charge in [0.2, 0.25) is 15.9 Å². The second kappa shape index (κ2) is 11.6. The lowest BCUT2D eigenvalue weighted by Gasteiger charge is -2.22. The Bertz CT molecular complexity index is 1340. The molecule has 0 aromatic heterocycles. The number of amides is 1. The van der Waals surface area contributed by atoms with Gasteiger partial charge in [0, 0.05) is 29.8 Å². The molecule has 0 heterocycles. The molecule has 3 aromatic carbocycles. The van der Waals surface area contributed by atoms with Crippen molar-refractivity contribution < 1.29 is 22.7 Å². The van der Waals surface area contributed by atoms with Crippen LogP contribution < -0.4 is 14.4 Å². The highest BCUT2D eigenvalue weighted by Gasteiger charge is 2.18. The Kier molecular flexibility index (Phi) is 8.76. The average Bonchev–Trinajstić information content (AvgIpc) is 2.85. The third kappa shape index (κ3) is 7.67. The standard InChI is InChI=1S/C29H34N2O5S/c1-29(2,3)23-13-11-21(12-14-23)28(33)22-8-6-9-24(20-22)30-27(32)10-7-19-31(37(5,34)35)25-15-17-26(36-4)18-16-25/h6,8-9,11-18,20H,7,10,19H2,1-5H3,(H,30,32). The molecule has 8 heteroatoms. The average molecular weight is 523 g/mol. The minimum absolute atomic E-state index is 0.00123. The number of benzene rings is 3. The Morgan fingerprint density at radius 3 is 2.14 bits per heavy atom. The summed E-state index contributed by atoms with van der Waals surface area (Å²) in [7, 11) is -1.98. The molecule has 7 nitrogen and oxygen atoms in total. The largest absolute Gasteiger partial charge is 0.497 e. The van der Waals surface area contributed by atoms with Gasteiger partial charge in [0.15, 0.2) is 5.78 Å². The first-order valence-electron chi connectivity index (χ1n) is 12.1. The molecule has 196 valence electrons. The van der Waals surface area contributed by atoms with E-state index in [1.165, 1.54) is 11.4 Å². The van der Waals surface area contributed by atoms with Gasteiger partial charge in [0.05, 0.1) is 19.1 Å². The first kappa shape index (κ1) is 27.9. The van der Waals surface area contributed by atoms with Gasteiger partial charge in [-0.3, -0.25) is 13.9 Å². The zero-order valence-electron chi connectivity index (χ0n) is 21.9. The number of anilines is 2. The van der Waals surface area contributed by atoms with E-state index in [-0.39, 0.29) is 30.1 Å². The van der Waals surface area contributed by atoms with E-state index in [4.69, 9.17) is 4.74 Å². The van der Waals surface area contributed by atoms with E-state index in [1.54, 1.807) is 48.5 Å². The number of hydrogen-bond donors (Lipinski definition) is 1. The lowest BCUT2D eigenvalue weighted by Crippen LogP contribution is -2.31. The summed E-state index contributed by atoms with van der Waals surface area (Å²) < 4.78 is 31.0. The number of methoxy groups -OCH3 is 1. The van der Waals surface area contributed by atoms with Gasteiger partial charge in [-0.05, 0) is 53.8 Å². The number of hydrogen-bond acceptors (Lipinski definition) is 5. The highest BCUT2D eigenvalue weighted by atomic mass is 32.2. The molecular formula is C29H34N2O5S. The predicted octanol–water partition coefficient (Wildman–Crippen LogP) is 5.41. The van der Waals surface area contributed by atoms with E-state index in [0.29, 0.717) is 34.7 Å². The van der Waals surface area contributed by atoms with Crippen LogP contribution in [-0.2, 0) is 20.2 Å². The maximum atomic E-state index is 13.0. The van der Waals surface area contributed by atoms with Gasteiger partial charge < -0.3 is 10.1 Å². The quantitative estimate of drug-likeness (QED) is 0.360. The molecule has 1 N–H and O–H groups in total. The van der Waals surface area contributed by atoms with Crippen molar-refractivity contribution in [1.29, 1.82) is 0 Å². The Balaban J connectivity index is 1.61. The van der Waals surface area contributed by atoms with Crippen LogP contribution in [0, 0.1) is 0 Å². The summed E-state index contributed by atoms with van der Waals surface area (Å²) in [6, 6.07) is 21.1. The van der Waals surface area contributed by atoms with Gasteiger partial charge in [0.1, 0.15) is 5.75 Å². The normalized spacial score (nSPS) is 11.6. The molecular weight excluding hydrogens is 488 g/mol. The molecule has 0 aliphatic carbocycles. The van der Waals surface area contributed by atoms with Crippen LogP contribution in [0.5, 0.6) is 5.75 Å². The molecule has 0 saturated carbocycles. The summed E-state index contributed by atoms with van der Waals surface area (Å²) in [6.07, 6.45) is 1.58. The molecule has 0 fully saturated rings. The van der Waals surface area contributed by atoms with Crippen molar-refractivity contribution in [3.05, 3.63) is 89.5 Å². The van der Waals surface area contributed by atoms with Crippen molar-refractivity contribution in [3.8, 4) is 5.75 Å². The van der Waals surface area contributed by atoms with Crippen molar-refractivity contribution in [2.24, 2.45) is 0 Å². The minimum atomic E-state index is -3.52. The highest BCUT2D eigenvalue weighted by Crippen LogP contribution is 2.24. The summed E-state index contributed by atoms with van der Waals surface area (Å²) in [5.74, 6) is 0.237. The molecule has 1 amide bonds. The maximum absolute atomic E-state index is 13.0. The summed E-state index contributed by atoms with van der Waals surface area (Å²) in [6.45, 7) is 6.51. The van der Waals surface area contributed by atoms with Gasteiger partial charge in [0.25, 0.3) is 0 Å². The van der Waals surface area contributed by atoms with Crippen molar-refractivity contribution in [2.75, 3.05) is 29.5 Å². The molecule has 3 aromatic rings. The molecule has 0 aliphatic rings. The van der Waals surface area contributed by atoms with E-state index in [1.807, 2.05) is 24.3 Å². The number of ether oxygens (including phenoxy) is 1. The SMILES string of the molecule is COc1ccc(N(CCCC(=O)Nc2cccc(C(=O)c3ccc(C(C)(C)C)cc3)c2)S(C)(=O)=O)cc1. The van der Waals surface area contributed by atoms with Crippen LogP contribution in [-0.4, -0.2) is 40.0 Å². The molecule has 0 bridgehead atoms. The van der Waals surface area contributed by atoms with E-state index in [9.17, 15) is 18.0 Å². The summed E-state index contributed by atoms with van der Waals surface area (Å²) in [5.41, 5.74) is 3.22. The van der Waals surface area contributed by atoms with Crippen LogP contribution in [0.4, 0.5) is 11.4 Å². The number of carbonyl (C=O) groups excluding carboxylic acids is 2. The van der Waals surface area contributed by atoms with Gasteiger partial charge in [-0.25, -0.2) is 8.42 Å². The van der Waals surface area contributed by atoms with Crippen LogP contribution in [0.1, 0.15) is 55.1 Å². The van der Waals surface area contributed by atoms with E-state index in [2.05, 4.69) is 26.1 Å². The van der Waals surface area contributed by atoms with Gasteiger partial charge in [-0.2, -0.15) is 0 Å². The summed E-state index contributed by atoms with van der Waals surface area (Å²) in [5, 5.41) is 2.81. The first-order chi connectivity index (χ1) is 17.4. The van der Waals surface area contributed by atoms with Crippen LogP contribution in [0.3, 0.4) is 0 Å². The number of rotatable bonds is 10. The molecule has 0 atom stereocenters. The van der Waals surface area contributed by atoms with E-state index in [0.717, 1.165) is 11.8 Å². The van der Waals surface area contributed by atoms with Crippen molar-refractivity contribution in [3.63, 3.8) is 0 Å². The number of sulfonamides is 1. The van der Waals surface area contributed by atoms with Crippen molar-refractivity contribution in [1.82, 2.24) is 0 Å². The van der Waals surface area contributed by atoms with Crippen LogP contribution >= 0.6 is 0 Å². The smallest absolute Gasteiger partial charge is 0.232 e. The third-order valence-corrected chi connectivity index (χ3v) is 7.14. The number of carbonyl (C=O) groups is 2. The molecule has 0 aliphatic heterocycles. The second-order valence-electron chi connectivity index (χ2n) is 9.92. The van der Waals surface area contributed by atoms with Gasteiger partial charge in [-0.15, -0.1) is 0 Å².